The molecule has 2 aliphatic heterocycles. The van der Waals surface area contributed by atoms with Crippen molar-refractivity contribution in [2.24, 2.45) is 0 Å². The molecule has 2 aromatic rings. The summed E-state index contributed by atoms with van der Waals surface area (Å²) < 4.78 is 5.41. The van der Waals surface area contributed by atoms with Crippen molar-refractivity contribution in [3.8, 4) is 0 Å². The molecule has 8 nitrogen and oxygen atoms in total. The number of carbonyl (C=O) groups is 4. The number of nitrogens with zero attached hydrogens (tertiary/aromatic N) is 2. The summed E-state index contributed by atoms with van der Waals surface area (Å²) in [4.78, 5) is 53.9. The number of benzene rings is 2. The zero-order valence-electron chi connectivity index (χ0n) is 21.3. The van der Waals surface area contributed by atoms with Crippen LogP contribution in [-0.4, -0.2) is 65.5 Å². The van der Waals surface area contributed by atoms with Crippen LogP contribution in [0.15, 0.2) is 36.4 Å². The summed E-state index contributed by atoms with van der Waals surface area (Å²) >= 11 is 6.41. The average molecular weight is 538 g/mol. The van der Waals surface area contributed by atoms with Gasteiger partial charge in [0.1, 0.15) is 5.78 Å². The van der Waals surface area contributed by atoms with Gasteiger partial charge in [-0.3, -0.25) is 24.1 Å². The highest BCUT2D eigenvalue weighted by molar-refractivity contribution is 6.31. The third-order valence-corrected chi connectivity index (χ3v) is 7.88. The fourth-order valence-electron chi connectivity index (χ4n) is 5.45. The maximum atomic E-state index is 13.0. The van der Waals surface area contributed by atoms with Crippen LogP contribution in [-0.2, 0) is 45.2 Å². The second-order valence-electron chi connectivity index (χ2n) is 10.3. The third kappa shape index (κ3) is 6.14. The number of amides is 2. The van der Waals surface area contributed by atoms with E-state index in [2.05, 4.69) is 10.2 Å². The molecule has 0 aromatic heterocycles. The van der Waals surface area contributed by atoms with Crippen LogP contribution in [0.25, 0.3) is 0 Å². The molecule has 38 heavy (non-hydrogen) atoms. The Balaban J connectivity index is 1.17. The zero-order valence-corrected chi connectivity index (χ0v) is 22.1. The smallest absolute Gasteiger partial charge is 0.255 e. The maximum Gasteiger partial charge on any atom is 0.255 e. The summed E-state index contributed by atoms with van der Waals surface area (Å²) in [5.41, 5.74) is 4.21. The molecule has 1 atom stereocenters. The van der Waals surface area contributed by atoms with E-state index in [1.807, 2.05) is 30.3 Å². The van der Waals surface area contributed by atoms with Crippen LogP contribution in [0.4, 0.5) is 0 Å². The van der Waals surface area contributed by atoms with Crippen molar-refractivity contribution in [2.75, 3.05) is 26.3 Å². The van der Waals surface area contributed by atoms with Gasteiger partial charge >= 0.3 is 0 Å². The van der Waals surface area contributed by atoms with Gasteiger partial charge in [-0.2, -0.15) is 0 Å². The van der Waals surface area contributed by atoms with Crippen LogP contribution < -0.4 is 5.32 Å². The second-order valence-corrected chi connectivity index (χ2v) is 10.7. The van der Waals surface area contributed by atoms with Crippen LogP contribution in [0.5, 0.6) is 0 Å². The van der Waals surface area contributed by atoms with Gasteiger partial charge in [0, 0.05) is 49.7 Å². The Morgan fingerprint density at radius 3 is 2.66 bits per heavy atom. The predicted octanol–water partition coefficient (Wildman–Crippen LogP) is 3.07. The third-order valence-electron chi connectivity index (χ3n) is 7.52. The van der Waals surface area contributed by atoms with Crippen molar-refractivity contribution < 1.29 is 23.9 Å². The van der Waals surface area contributed by atoms with Crippen molar-refractivity contribution in [3.63, 3.8) is 0 Å². The number of nitrogens with one attached hydrogen (secondary N) is 1. The Morgan fingerprint density at radius 1 is 1.05 bits per heavy atom. The van der Waals surface area contributed by atoms with Crippen molar-refractivity contribution in [1.29, 1.82) is 0 Å². The average Bonchev–Trinajstić information content (AvgIpc) is 3.12. The number of ether oxygens (including phenoxy) is 1. The highest BCUT2D eigenvalue weighted by Crippen LogP contribution is 2.29. The van der Waals surface area contributed by atoms with Crippen LogP contribution >= 0.6 is 11.6 Å². The molecule has 9 heteroatoms. The summed E-state index contributed by atoms with van der Waals surface area (Å²) in [6.45, 7) is 4.57. The fraction of sp³-hybridized carbons (Fsp3) is 0.448. The first kappa shape index (κ1) is 26.5. The molecule has 200 valence electrons. The van der Waals surface area contributed by atoms with Crippen LogP contribution in [0.3, 0.4) is 0 Å². The Bertz CT molecular complexity index is 1260. The van der Waals surface area contributed by atoms with E-state index in [4.69, 9.17) is 16.3 Å². The molecule has 1 unspecified atom stereocenters. The molecule has 1 N–H and O–H groups in total. The predicted molar refractivity (Wildman–Crippen MR) is 142 cm³/mol. The lowest BCUT2D eigenvalue weighted by atomic mass is 10.1. The van der Waals surface area contributed by atoms with Gasteiger partial charge in [0.05, 0.1) is 32.1 Å². The van der Waals surface area contributed by atoms with E-state index in [9.17, 15) is 19.2 Å². The number of morpholine rings is 1. The van der Waals surface area contributed by atoms with Crippen molar-refractivity contribution in [1.82, 2.24) is 15.1 Å². The quantitative estimate of drug-likeness (QED) is 0.431. The van der Waals surface area contributed by atoms with Gasteiger partial charge in [-0.1, -0.05) is 35.9 Å². The number of halogens is 1. The van der Waals surface area contributed by atoms with Gasteiger partial charge in [0.25, 0.3) is 5.91 Å². The molecule has 2 aromatic carbocycles. The van der Waals surface area contributed by atoms with E-state index >= 15 is 0 Å². The largest absolute Gasteiger partial charge is 0.379 e. The number of Topliss-reactive ketones (excluding diaryl/α,β-unsaturated/α-hetero) is 2. The van der Waals surface area contributed by atoms with Gasteiger partial charge < -0.3 is 15.0 Å². The van der Waals surface area contributed by atoms with Gasteiger partial charge in [0.2, 0.25) is 5.91 Å². The Kier molecular flexibility index (Phi) is 8.21. The van der Waals surface area contributed by atoms with Gasteiger partial charge in [-0.25, -0.2) is 0 Å². The molecule has 2 amide bonds. The lowest BCUT2D eigenvalue weighted by Crippen LogP contribution is -2.41. The second kappa shape index (κ2) is 11.8. The van der Waals surface area contributed by atoms with Gasteiger partial charge in [0.15, 0.2) is 5.78 Å². The molecule has 1 saturated carbocycles. The Morgan fingerprint density at radius 2 is 1.84 bits per heavy atom. The summed E-state index contributed by atoms with van der Waals surface area (Å²) in [5, 5.41) is 3.67. The minimum atomic E-state index is -0.544. The summed E-state index contributed by atoms with van der Waals surface area (Å²) in [6, 6.07) is 10.7. The summed E-state index contributed by atoms with van der Waals surface area (Å²) in [5.74, 6) is -0.487. The highest BCUT2D eigenvalue weighted by Gasteiger charge is 2.37. The SMILES string of the molecule is O=C1CCCC(N2Cc3cc(CNC(=O)Cc4ccc(Cl)c(CN5CCOCC5)c4)ccc3C2=O)C(=O)C1. The Labute approximate surface area is 227 Å². The molecule has 2 heterocycles. The number of hydrogen-bond acceptors (Lipinski definition) is 6. The molecule has 3 aliphatic rings. The molecule has 2 fully saturated rings. The van der Waals surface area contributed by atoms with E-state index < -0.39 is 6.04 Å². The zero-order chi connectivity index (χ0) is 26.6. The fourth-order valence-corrected chi connectivity index (χ4v) is 5.63. The summed E-state index contributed by atoms with van der Waals surface area (Å²) in [7, 11) is 0. The van der Waals surface area contributed by atoms with Crippen molar-refractivity contribution in [3.05, 3.63) is 69.2 Å². The lowest BCUT2D eigenvalue weighted by Gasteiger charge is -2.27. The minimum absolute atomic E-state index is 0.0494. The number of carbonyl (C=O) groups excluding carboxylic acids is 4. The molecule has 0 radical (unpaired) electrons. The molecule has 5 rings (SSSR count). The standard InChI is InChI=1S/C29H32ClN3O5/c30-25-7-5-19(12-22(25)17-32-8-10-38-11-9-32)14-28(36)31-16-20-4-6-24-21(13-20)18-33(29(24)37)26-3-1-2-23(34)15-27(26)35/h4-7,12-13,26H,1-3,8-11,14-18H2,(H,31,36). The highest BCUT2D eigenvalue weighted by atomic mass is 35.5. The molecule has 0 spiro atoms. The first-order chi connectivity index (χ1) is 18.4. The van der Waals surface area contributed by atoms with Crippen LogP contribution in [0.2, 0.25) is 5.02 Å². The topological polar surface area (TPSA) is 96.0 Å². The molecular formula is C29H32ClN3O5. The van der Waals surface area contributed by atoms with E-state index in [1.165, 1.54) is 0 Å². The van der Waals surface area contributed by atoms with Crippen LogP contribution in [0.1, 0.15) is 58.3 Å². The van der Waals surface area contributed by atoms with E-state index in [1.54, 1.807) is 11.0 Å². The minimum Gasteiger partial charge on any atom is -0.379 e. The molecule has 1 aliphatic carbocycles. The first-order valence-corrected chi connectivity index (χ1v) is 13.6. The lowest BCUT2D eigenvalue weighted by molar-refractivity contribution is -0.128. The number of hydrogen-bond donors (Lipinski definition) is 1. The molecule has 0 bridgehead atoms. The van der Waals surface area contributed by atoms with Gasteiger partial charge in [-0.05, 0) is 47.2 Å². The monoisotopic (exact) mass is 537 g/mol. The van der Waals surface area contributed by atoms with E-state index in [0.29, 0.717) is 56.2 Å². The van der Waals surface area contributed by atoms with E-state index in [-0.39, 0.29) is 36.2 Å². The number of ketones is 2. The van der Waals surface area contributed by atoms with Crippen molar-refractivity contribution >= 4 is 35.0 Å². The van der Waals surface area contributed by atoms with Gasteiger partial charge in [-0.15, -0.1) is 0 Å². The van der Waals surface area contributed by atoms with Crippen LogP contribution in [0, 0.1) is 0 Å². The molecular weight excluding hydrogens is 506 g/mol. The van der Waals surface area contributed by atoms with E-state index in [0.717, 1.165) is 41.9 Å². The first-order valence-electron chi connectivity index (χ1n) is 13.2. The van der Waals surface area contributed by atoms with Crippen molar-refractivity contribution in [2.45, 2.75) is 57.8 Å². The summed E-state index contributed by atoms with van der Waals surface area (Å²) in [6.07, 6.45) is 1.69. The number of rotatable bonds is 7. The Hall–Kier alpha value is -3.07. The maximum absolute atomic E-state index is 13.0. The normalized spacial score (nSPS) is 20.4. The molecule has 1 saturated heterocycles. The number of fused-ring (bicyclic) bond motifs is 1.